The number of hydrogen-bond acceptors (Lipinski definition) is 6. The highest BCUT2D eigenvalue weighted by atomic mass is 32.1. The van der Waals surface area contributed by atoms with E-state index in [2.05, 4.69) is 15.3 Å². The van der Waals surface area contributed by atoms with Gasteiger partial charge < -0.3 is 10.1 Å². The molecule has 1 fully saturated rings. The smallest absolute Gasteiger partial charge is 0.209 e. The highest BCUT2D eigenvalue weighted by Crippen LogP contribution is 2.22. The summed E-state index contributed by atoms with van der Waals surface area (Å²) in [6, 6.07) is 7.79. The van der Waals surface area contributed by atoms with Crippen LogP contribution in [0.4, 0.5) is 10.8 Å². The van der Waals surface area contributed by atoms with E-state index in [4.69, 9.17) is 17.0 Å². The van der Waals surface area contributed by atoms with Gasteiger partial charge in [0.1, 0.15) is 5.75 Å². The number of hydrogen-bond donors (Lipinski definition) is 1. The highest BCUT2D eigenvalue weighted by Gasteiger charge is 2.12. The molecule has 3 rings (SSSR count). The molecule has 0 atom stereocenters. The molecule has 0 spiro atoms. The van der Waals surface area contributed by atoms with Gasteiger partial charge in [-0.2, -0.15) is 0 Å². The Labute approximate surface area is 139 Å². The first-order valence-electron chi connectivity index (χ1n) is 7.46. The van der Waals surface area contributed by atoms with Crippen LogP contribution in [0, 0.1) is 3.95 Å². The molecule has 1 N–H and O–H groups in total. The lowest BCUT2D eigenvalue weighted by Crippen LogP contribution is -2.32. The Morgan fingerprint density at radius 3 is 2.64 bits per heavy atom. The molecule has 0 aliphatic carbocycles. The van der Waals surface area contributed by atoms with Gasteiger partial charge in [0.2, 0.25) is 5.13 Å². The lowest BCUT2D eigenvalue weighted by Gasteiger charge is -2.25. The normalized spacial score (nSPS) is 15.7. The zero-order valence-electron chi connectivity index (χ0n) is 12.6. The first-order valence-corrected chi connectivity index (χ1v) is 8.68. The van der Waals surface area contributed by atoms with Crippen molar-refractivity contribution in [3.05, 3.63) is 28.2 Å². The van der Waals surface area contributed by atoms with E-state index >= 15 is 0 Å². The fourth-order valence-electron chi connectivity index (χ4n) is 2.53. The maximum Gasteiger partial charge on any atom is 0.209 e. The first kappa shape index (κ1) is 15.5. The molecule has 1 saturated heterocycles. The van der Waals surface area contributed by atoms with E-state index in [9.17, 15) is 0 Å². The number of nitrogens with zero attached hydrogens (tertiary/aromatic N) is 3. The monoisotopic (exact) mass is 336 g/mol. The van der Waals surface area contributed by atoms with Crippen LogP contribution in [-0.2, 0) is 6.67 Å². The van der Waals surface area contributed by atoms with Gasteiger partial charge in [-0.1, -0.05) is 17.8 Å². The fraction of sp³-hybridized carbons (Fsp3) is 0.467. The Kier molecular flexibility index (Phi) is 5.07. The molecule has 0 radical (unpaired) electrons. The van der Waals surface area contributed by atoms with Gasteiger partial charge in [0.25, 0.3) is 0 Å². The summed E-state index contributed by atoms with van der Waals surface area (Å²) in [6.07, 6.45) is 3.88. The van der Waals surface area contributed by atoms with Crippen molar-refractivity contribution in [3.8, 4) is 5.75 Å². The molecular weight excluding hydrogens is 316 g/mol. The van der Waals surface area contributed by atoms with Crippen molar-refractivity contribution in [2.75, 3.05) is 25.5 Å². The molecule has 0 unspecified atom stereocenters. The van der Waals surface area contributed by atoms with Gasteiger partial charge in [0, 0.05) is 5.69 Å². The average Bonchev–Trinajstić information content (AvgIpc) is 2.88. The Hall–Kier alpha value is -1.44. The minimum atomic E-state index is 0.791. The van der Waals surface area contributed by atoms with E-state index in [0.717, 1.165) is 40.3 Å². The van der Waals surface area contributed by atoms with Crippen LogP contribution >= 0.6 is 23.6 Å². The molecule has 1 aromatic heterocycles. The van der Waals surface area contributed by atoms with E-state index in [1.807, 2.05) is 28.9 Å². The van der Waals surface area contributed by atoms with Gasteiger partial charge in [0.05, 0.1) is 13.8 Å². The lowest BCUT2D eigenvalue weighted by molar-refractivity contribution is 0.173. The maximum atomic E-state index is 5.43. The Morgan fingerprint density at radius 1 is 1.23 bits per heavy atom. The Bertz CT molecular complexity index is 659. The molecule has 22 heavy (non-hydrogen) atoms. The minimum Gasteiger partial charge on any atom is -0.497 e. The van der Waals surface area contributed by atoms with Crippen LogP contribution in [0.1, 0.15) is 19.3 Å². The summed E-state index contributed by atoms with van der Waals surface area (Å²) in [5.41, 5.74) is 0.981. The molecule has 5 nitrogen and oxygen atoms in total. The molecule has 118 valence electrons. The summed E-state index contributed by atoms with van der Waals surface area (Å²) >= 11 is 6.93. The highest BCUT2D eigenvalue weighted by molar-refractivity contribution is 7.73. The van der Waals surface area contributed by atoms with Gasteiger partial charge in [-0.05, 0) is 62.4 Å². The van der Waals surface area contributed by atoms with Gasteiger partial charge in [-0.15, -0.1) is 5.10 Å². The molecular formula is C15H20N4OS2. The lowest BCUT2D eigenvalue weighted by atomic mass is 10.1. The number of methoxy groups -OCH3 is 1. The van der Waals surface area contributed by atoms with Crippen molar-refractivity contribution in [2.45, 2.75) is 25.9 Å². The molecule has 2 aromatic rings. The number of benzene rings is 1. The number of ether oxygens (including phenoxy) is 1. The maximum absolute atomic E-state index is 5.43. The summed E-state index contributed by atoms with van der Waals surface area (Å²) in [5.74, 6) is 0.841. The van der Waals surface area contributed by atoms with Crippen LogP contribution < -0.4 is 10.1 Å². The first-order chi connectivity index (χ1) is 10.7. The van der Waals surface area contributed by atoms with E-state index < -0.39 is 0 Å². The zero-order valence-corrected chi connectivity index (χ0v) is 14.3. The summed E-state index contributed by atoms with van der Waals surface area (Å²) in [4.78, 5) is 2.41. The minimum absolute atomic E-state index is 0.791. The van der Waals surface area contributed by atoms with Gasteiger partial charge >= 0.3 is 0 Å². The summed E-state index contributed by atoms with van der Waals surface area (Å²) in [7, 11) is 1.66. The number of nitrogens with one attached hydrogen (secondary N) is 1. The third kappa shape index (κ3) is 3.85. The Morgan fingerprint density at radius 2 is 1.95 bits per heavy atom. The summed E-state index contributed by atoms with van der Waals surface area (Å²) in [5, 5.41) is 8.71. The molecule has 0 bridgehead atoms. The quantitative estimate of drug-likeness (QED) is 0.840. The second-order valence-corrected chi connectivity index (χ2v) is 6.97. The number of anilines is 2. The van der Waals surface area contributed by atoms with Crippen molar-refractivity contribution in [3.63, 3.8) is 0 Å². The number of piperidine rings is 1. The van der Waals surface area contributed by atoms with Crippen LogP contribution in [-0.4, -0.2) is 34.9 Å². The number of aromatic nitrogens is 2. The third-order valence-corrected chi connectivity index (χ3v) is 4.95. The molecule has 1 aliphatic rings. The second kappa shape index (κ2) is 7.21. The predicted octanol–water partition coefficient (Wildman–Crippen LogP) is 3.87. The van der Waals surface area contributed by atoms with Crippen LogP contribution in [0.5, 0.6) is 5.75 Å². The van der Waals surface area contributed by atoms with E-state index in [1.165, 1.54) is 30.6 Å². The zero-order chi connectivity index (χ0) is 15.4. The van der Waals surface area contributed by atoms with Crippen molar-refractivity contribution >= 4 is 34.4 Å². The molecule has 0 amide bonds. The van der Waals surface area contributed by atoms with Crippen molar-refractivity contribution in [1.29, 1.82) is 0 Å². The van der Waals surface area contributed by atoms with Crippen molar-refractivity contribution in [1.82, 2.24) is 14.7 Å². The largest absolute Gasteiger partial charge is 0.497 e. The number of rotatable bonds is 5. The van der Waals surface area contributed by atoms with Crippen LogP contribution in [0.15, 0.2) is 24.3 Å². The molecule has 0 saturated carbocycles. The van der Waals surface area contributed by atoms with Crippen LogP contribution in [0.25, 0.3) is 0 Å². The van der Waals surface area contributed by atoms with Crippen LogP contribution in [0.3, 0.4) is 0 Å². The molecule has 1 aromatic carbocycles. The van der Waals surface area contributed by atoms with Crippen molar-refractivity contribution in [2.24, 2.45) is 0 Å². The summed E-state index contributed by atoms with van der Waals surface area (Å²) in [6.45, 7) is 3.07. The van der Waals surface area contributed by atoms with Crippen LogP contribution in [0.2, 0.25) is 0 Å². The van der Waals surface area contributed by atoms with E-state index in [1.54, 1.807) is 7.11 Å². The summed E-state index contributed by atoms with van der Waals surface area (Å²) < 4.78 is 7.88. The van der Waals surface area contributed by atoms with E-state index in [0.29, 0.717) is 0 Å². The number of likely N-dealkylation sites (tertiary alicyclic amines) is 1. The van der Waals surface area contributed by atoms with Gasteiger partial charge in [-0.25, -0.2) is 4.68 Å². The third-order valence-electron chi connectivity index (χ3n) is 3.73. The second-order valence-electron chi connectivity index (χ2n) is 5.35. The predicted molar refractivity (Wildman–Crippen MR) is 92.6 cm³/mol. The molecule has 2 heterocycles. The van der Waals surface area contributed by atoms with Crippen molar-refractivity contribution < 1.29 is 4.74 Å². The standard InChI is InChI=1S/C15H20N4OS2/c1-20-13-7-5-12(6-8-13)16-14-17-19(15(21)22-14)11-18-9-3-2-4-10-18/h5-8H,2-4,9-11H2,1H3,(H,16,17). The van der Waals surface area contributed by atoms with E-state index in [-0.39, 0.29) is 0 Å². The molecule has 7 heteroatoms. The average molecular weight is 336 g/mol. The van der Waals surface area contributed by atoms with Gasteiger partial charge in [-0.3, -0.25) is 4.90 Å². The molecule has 1 aliphatic heterocycles. The SMILES string of the molecule is COc1ccc(Nc2nn(CN3CCCCC3)c(=S)s2)cc1. The topological polar surface area (TPSA) is 42.3 Å². The fourth-order valence-corrected chi connectivity index (χ4v) is 3.55. The Balaban J connectivity index is 1.67. The van der Waals surface area contributed by atoms with Gasteiger partial charge in [0.15, 0.2) is 3.95 Å².